The van der Waals surface area contributed by atoms with Gasteiger partial charge in [0.15, 0.2) is 5.11 Å². The summed E-state index contributed by atoms with van der Waals surface area (Å²) in [6, 6.07) is 7.80. The summed E-state index contributed by atoms with van der Waals surface area (Å²) in [5, 5.41) is 4.07. The number of nitrogens with zero attached hydrogens (tertiary/aromatic N) is 2. The number of benzene rings is 1. The molecule has 6 heteroatoms. The summed E-state index contributed by atoms with van der Waals surface area (Å²) in [5.41, 5.74) is 8.78. The van der Waals surface area contributed by atoms with Crippen molar-refractivity contribution in [3.05, 3.63) is 29.8 Å². The van der Waals surface area contributed by atoms with Crippen LogP contribution in [-0.2, 0) is 0 Å². The van der Waals surface area contributed by atoms with Crippen LogP contribution in [-0.4, -0.2) is 42.5 Å². The van der Waals surface area contributed by atoms with Crippen molar-refractivity contribution in [3.63, 3.8) is 0 Å². The third-order valence-electron chi connectivity index (χ3n) is 3.90. The van der Waals surface area contributed by atoms with Gasteiger partial charge in [0, 0.05) is 13.1 Å². The number of nitrogens with one attached hydrogen (secondary N) is 1. The van der Waals surface area contributed by atoms with E-state index in [1.165, 1.54) is 25.9 Å². The molecule has 0 bridgehead atoms. The number of hydrazone groups is 1. The molecule has 1 aliphatic rings. The molecule has 1 unspecified atom stereocenters. The van der Waals surface area contributed by atoms with Gasteiger partial charge in [-0.3, -0.25) is 5.43 Å². The SMILES string of the molecule is CC1CCCN(CCCOc2ccc(C=NNC(N)=S)cc2)C1. The summed E-state index contributed by atoms with van der Waals surface area (Å²) in [6.45, 7) is 6.68. The van der Waals surface area contributed by atoms with E-state index in [2.05, 4.69) is 34.6 Å². The van der Waals surface area contributed by atoms with E-state index < -0.39 is 0 Å². The smallest absolute Gasteiger partial charge is 0.184 e. The third kappa shape index (κ3) is 6.97. The molecule has 126 valence electrons. The number of nitrogens with two attached hydrogens (primary N) is 1. The molecule has 1 aromatic rings. The Hall–Kier alpha value is -1.66. The van der Waals surface area contributed by atoms with Gasteiger partial charge in [-0.25, -0.2) is 0 Å². The number of piperidine rings is 1. The van der Waals surface area contributed by atoms with Gasteiger partial charge < -0.3 is 15.4 Å². The van der Waals surface area contributed by atoms with Crippen molar-refractivity contribution in [2.75, 3.05) is 26.2 Å². The molecule has 3 N–H and O–H groups in total. The molecule has 0 amide bonds. The molecule has 1 aliphatic heterocycles. The molecule has 0 aliphatic carbocycles. The van der Waals surface area contributed by atoms with E-state index in [9.17, 15) is 0 Å². The summed E-state index contributed by atoms with van der Waals surface area (Å²) in [7, 11) is 0. The average Bonchev–Trinajstić information content (AvgIpc) is 2.53. The second kappa shape index (κ2) is 9.47. The van der Waals surface area contributed by atoms with Gasteiger partial charge in [-0.05, 0) is 73.8 Å². The molecule has 1 saturated heterocycles. The molecule has 0 saturated carbocycles. The van der Waals surface area contributed by atoms with Crippen molar-refractivity contribution in [3.8, 4) is 5.75 Å². The number of likely N-dealkylation sites (tertiary alicyclic amines) is 1. The monoisotopic (exact) mass is 334 g/mol. The quantitative estimate of drug-likeness (QED) is 0.347. The fourth-order valence-corrected chi connectivity index (χ4v) is 2.84. The van der Waals surface area contributed by atoms with Gasteiger partial charge in [0.25, 0.3) is 0 Å². The highest BCUT2D eigenvalue weighted by Gasteiger charge is 2.15. The highest BCUT2D eigenvalue weighted by atomic mass is 32.1. The van der Waals surface area contributed by atoms with Crippen LogP contribution in [0.15, 0.2) is 29.4 Å². The minimum absolute atomic E-state index is 0.157. The first-order chi connectivity index (χ1) is 11.1. The van der Waals surface area contributed by atoms with Crippen molar-refractivity contribution < 1.29 is 4.74 Å². The lowest BCUT2D eigenvalue weighted by Crippen LogP contribution is -2.35. The summed E-state index contributed by atoms with van der Waals surface area (Å²) < 4.78 is 5.79. The fraction of sp³-hybridized carbons (Fsp3) is 0.529. The van der Waals surface area contributed by atoms with Crippen LogP contribution in [0.25, 0.3) is 0 Å². The normalized spacial score (nSPS) is 18.9. The van der Waals surface area contributed by atoms with Gasteiger partial charge in [0.2, 0.25) is 0 Å². The fourth-order valence-electron chi connectivity index (χ4n) is 2.79. The highest BCUT2D eigenvalue weighted by molar-refractivity contribution is 7.80. The molecular formula is C17H26N4OS. The zero-order chi connectivity index (χ0) is 16.5. The number of thiocarbonyl (C=S) groups is 1. The van der Waals surface area contributed by atoms with Gasteiger partial charge >= 0.3 is 0 Å². The summed E-state index contributed by atoms with van der Waals surface area (Å²) in [4.78, 5) is 2.55. The van der Waals surface area contributed by atoms with Gasteiger partial charge in [0.1, 0.15) is 5.75 Å². The second-order valence-electron chi connectivity index (χ2n) is 6.05. The molecule has 0 radical (unpaired) electrons. The summed E-state index contributed by atoms with van der Waals surface area (Å²) in [6.07, 6.45) is 5.43. The second-order valence-corrected chi connectivity index (χ2v) is 6.49. The molecule has 1 heterocycles. The van der Waals surface area contributed by atoms with Crippen LogP contribution in [0.4, 0.5) is 0 Å². The van der Waals surface area contributed by atoms with Crippen LogP contribution in [0.3, 0.4) is 0 Å². The predicted octanol–water partition coefficient (Wildman–Crippen LogP) is 2.35. The molecule has 1 atom stereocenters. The summed E-state index contributed by atoms with van der Waals surface area (Å²) in [5.74, 6) is 1.72. The minimum atomic E-state index is 0.157. The van der Waals surface area contributed by atoms with E-state index in [4.69, 9.17) is 10.5 Å². The van der Waals surface area contributed by atoms with E-state index in [0.29, 0.717) is 0 Å². The Balaban J connectivity index is 1.65. The number of hydrogen-bond donors (Lipinski definition) is 2. The van der Waals surface area contributed by atoms with Crippen LogP contribution in [0.2, 0.25) is 0 Å². The molecular weight excluding hydrogens is 308 g/mol. The van der Waals surface area contributed by atoms with Crippen molar-refractivity contribution in [1.82, 2.24) is 10.3 Å². The standard InChI is InChI=1S/C17H26N4OS/c1-14-4-2-9-21(13-14)10-3-11-22-16-7-5-15(6-8-16)12-19-20-17(18)23/h5-8,12,14H,2-4,9-11,13H2,1H3,(H3,18,20,23). The maximum Gasteiger partial charge on any atom is 0.184 e. The lowest BCUT2D eigenvalue weighted by atomic mass is 10.0. The van der Waals surface area contributed by atoms with Gasteiger partial charge in [-0.1, -0.05) is 6.92 Å². The lowest BCUT2D eigenvalue weighted by molar-refractivity contribution is 0.170. The molecule has 0 aromatic heterocycles. The van der Waals surface area contributed by atoms with Gasteiger partial charge in [-0.15, -0.1) is 0 Å². The van der Waals surface area contributed by atoms with E-state index >= 15 is 0 Å². The Morgan fingerprint density at radius 1 is 1.48 bits per heavy atom. The van der Waals surface area contributed by atoms with Crippen LogP contribution in [0.1, 0.15) is 31.7 Å². The first kappa shape index (κ1) is 17.7. The van der Waals surface area contributed by atoms with E-state index in [-0.39, 0.29) is 5.11 Å². The van der Waals surface area contributed by atoms with Crippen LogP contribution >= 0.6 is 12.2 Å². The van der Waals surface area contributed by atoms with E-state index in [0.717, 1.165) is 36.8 Å². The average molecular weight is 334 g/mol. The van der Waals surface area contributed by atoms with Crippen LogP contribution in [0, 0.1) is 5.92 Å². The zero-order valence-corrected chi connectivity index (χ0v) is 14.5. The topological polar surface area (TPSA) is 62.9 Å². The van der Waals surface area contributed by atoms with Crippen molar-refractivity contribution in [1.29, 1.82) is 0 Å². The maximum atomic E-state index is 5.79. The Labute approximate surface area is 143 Å². The van der Waals surface area contributed by atoms with Gasteiger partial charge in [-0.2, -0.15) is 5.10 Å². The van der Waals surface area contributed by atoms with Crippen molar-refractivity contribution in [2.45, 2.75) is 26.2 Å². The first-order valence-electron chi connectivity index (χ1n) is 8.17. The molecule has 2 rings (SSSR count). The molecule has 0 spiro atoms. The Bertz CT molecular complexity index is 518. The van der Waals surface area contributed by atoms with E-state index in [1.807, 2.05) is 24.3 Å². The van der Waals surface area contributed by atoms with Crippen LogP contribution < -0.4 is 15.9 Å². The van der Waals surface area contributed by atoms with Gasteiger partial charge in [0.05, 0.1) is 12.8 Å². The molecule has 1 fully saturated rings. The maximum absolute atomic E-state index is 5.79. The predicted molar refractivity (Wildman–Crippen MR) is 98.9 cm³/mol. The summed E-state index contributed by atoms with van der Waals surface area (Å²) >= 11 is 4.67. The Kier molecular flexibility index (Phi) is 7.29. The molecule has 1 aromatic carbocycles. The van der Waals surface area contributed by atoms with Crippen molar-refractivity contribution >= 4 is 23.5 Å². The number of rotatable bonds is 7. The number of hydrogen-bond acceptors (Lipinski definition) is 4. The molecule has 23 heavy (non-hydrogen) atoms. The number of ether oxygens (including phenoxy) is 1. The Morgan fingerprint density at radius 2 is 2.26 bits per heavy atom. The molecule has 5 nitrogen and oxygen atoms in total. The lowest BCUT2D eigenvalue weighted by Gasteiger charge is -2.30. The zero-order valence-electron chi connectivity index (χ0n) is 13.7. The largest absolute Gasteiger partial charge is 0.494 e. The highest BCUT2D eigenvalue weighted by Crippen LogP contribution is 2.16. The first-order valence-corrected chi connectivity index (χ1v) is 8.58. The third-order valence-corrected chi connectivity index (χ3v) is 3.99. The van der Waals surface area contributed by atoms with Crippen LogP contribution in [0.5, 0.6) is 5.75 Å². The Morgan fingerprint density at radius 3 is 2.96 bits per heavy atom. The van der Waals surface area contributed by atoms with E-state index in [1.54, 1.807) is 6.21 Å². The van der Waals surface area contributed by atoms with Crippen molar-refractivity contribution in [2.24, 2.45) is 16.8 Å². The minimum Gasteiger partial charge on any atom is -0.494 e.